The first-order valence-corrected chi connectivity index (χ1v) is 7.81. The number of hydrogen-bond acceptors (Lipinski definition) is 4. The van der Waals surface area contributed by atoms with Crippen molar-refractivity contribution < 1.29 is 22.8 Å². The molecule has 2 rings (SSSR count). The SMILES string of the molecule is C/C(CC(=O)Nc1cccc(C(F)(F)F)c1)=N\NC(=O)c1ccc(N)cc1. The number of carbonyl (C=O) groups is 2. The summed E-state index contributed by atoms with van der Waals surface area (Å²) in [7, 11) is 0. The molecule has 0 unspecified atom stereocenters. The van der Waals surface area contributed by atoms with Crippen LogP contribution in [0, 0.1) is 0 Å². The Bertz CT molecular complexity index is 862. The molecule has 9 heteroatoms. The summed E-state index contributed by atoms with van der Waals surface area (Å²) in [4.78, 5) is 23.8. The third-order valence-electron chi connectivity index (χ3n) is 3.41. The zero-order valence-corrected chi connectivity index (χ0v) is 14.3. The first-order chi connectivity index (χ1) is 12.6. The lowest BCUT2D eigenvalue weighted by Crippen LogP contribution is -2.21. The van der Waals surface area contributed by atoms with Crippen molar-refractivity contribution in [1.29, 1.82) is 0 Å². The minimum absolute atomic E-state index is 0.0218. The summed E-state index contributed by atoms with van der Waals surface area (Å²) in [5.74, 6) is -1.04. The fraction of sp³-hybridized carbons (Fsp3) is 0.167. The average molecular weight is 378 g/mol. The van der Waals surface area contributed by atoms with Crippen molar-refractivity contribution in [2.75, 3.05) is 11.1 Å². The van der Waals surface area contributed by atoms with Crippen LogP contribution in [0.2, 0.25) is 0 Å². The summed E-state index contributed by atoms with van der Waals surface area (Å²) >= 11 is 0. The van der Waals surface area contributed by atoms with Crippen LogP contribution < -0.4 is 16.5 Å². The van der Waals surface area contributed by atoms with Crippen molar-refractivity contribution in [3.8, 4) is 0 Å². The van der Waals surface area contributed by atoms with Gasteiger partial charge in [0.15, 0.2) is 0 Å². The Labute approximate surface area is 153 Å². The second-order valence-corrected chi connectivity index (χ2v) is 5.71. The van der Waals surface area contributed by atoms with Gasteiger partial charge >= 0.3 is 6.18 Å². The van der Waals surface area contributed by atoms with Crippen LogP contribution >= 0.6 is 0 Å². The number of nitrogens with two attached hydrogens (primary N) is 1. The van der Waals surface area contributed by atoms with E-state index in [9.17, 15) is 22.8 Å². The highest BCUT2D eigenvalue weighted by atomic mass is 19.4. The number of hydrogen-bond donors (Lipinski definition) is 3. The Morgan fingerprint density at radius 3 is 2.41 bits per heavy atom. The molecule has 4 N–H and O–H groups in total. The summed E-state index contributed by atoms with van der Waals surface area (Å²) in [5.41, 5.74) is 8.13. The minimum atomic E-state index is -4.50. The number of alkyl halides is 3. The van der Waals surface area contributed by atoms with Crippen LogP contribution in [0.1, 0.15) is 29.3 Å². The van der Waals surface area contributed by atoms with E-state index in [2.05, 4.69) is 15.8 Å². The van der Waals surface area contributed by atoms with Crippen LogP contribution in [-0.2, 0) is 11.0 Å². The van der Waals surface area contributed by atoms with Gasteiger partial charge in [0.2, 0.25) is 5.91 Å². The van der Waals surface area contributed by atoms with Gasteiger partial charge in [-0.2, -0.15) is 18.3 Å². The molecule has 0 aliphatic rings. The second kappa shape index (κ2) is 8.35. The standard InChI is InChI=1S/C18H17F3N4O2/c1-11(24-25-17(27)12-5-7-14(22)8-6-12)9-16(26)23-15-4-2-3-13(10-15)18(19,20)21/h2-8,10H,9,22H2,1H3,(H,23,26)(H,25,27)/b24-11+. The summed E-state index contributed by atoms with van der Waals surface area (Å²) in [6.45, 7) is 1.51. The lowest BCUT2D eigenvalue weighted by molar-refractivity contribution is -0.137. The van der Waals surface area contributed by atoms with Crippen molar-refractivity contribution in [3.63, 3.8) is 0 Å². The number of nitrogen functional groups attached to an aromatic ring is 1. The van der Waals surface area contributed by atoms with E-state index in [0.717, 1.165) is 12.1 Å². The molecule has 0 saturated heterocycles. The molecule has 0 aliphatic heterocycles. The average Bonchev–Trinajstić information content (AvgIpc) is 2.59. The van der Waals surface area contributed by atoms with Crippen LogP contribution in [0.5, 0.6) is 0 Å². The van der Waals surface area contributed by atoms with Gasteiger partial charge in [-0.15, -0.1) is 0 Å². The van der Waals surface area contributed by atoms with Crippen LogP contribution in [0.25, 0.3) is 0 Å². The van der Waals surface area contributed by atoms with Crippen molar-refractivity contribution in [3.05, 3.63) is 59.7 Å². The zero-order valence-electron chi connectivity index (χ0n) is 14.3. The van der Waals surface area contributed by atoms with E-state index >= 15 is 0 Å². The van der Waals surface area contributed by atoms with E-state index in [-0.39, 0.29) is 17.8 Å². The summed E-state index contributed by atoms with van der Waals surface area (Å²) in [5, 5.41) is 6.17. The number of anilines is 2. The molecule has 6 nitrogen and oxygen atoms in total. The van der Waals surface area contributed by atoms with Crippen LogP contribution in [0.4, 0.5) is 24.5 Å². The molecule has 27 heavy (non-hydrogen) atoms. The smallest absolute Gasteiger partial charge is 0.399 e. The maximum atomic E-state index is 12.7. The van der Waals surface area contributed by atoms with Gasteiger partial charge in [-0.1, -0.05) is 6.07 Å². The minimum Gasteiger partial charge on any atom is -0.399 e. The number of nitrogens with zero attached hydrogens (tertiary/aromatic N) is 1. The van der Waals surface area contributed by atoms with Gasteiger partial charge in [0.1, 0.15) is 0 Å². The molecule has 0 spiro atoms. The van der Waals surface area contributed by atoms with Crippen molar-refractivity contribution >= 4 is 28.9 Å². The number of carbonyl (C=O) groups excluding carboxylic acids is 2. The molecule has 0 aromatic heterocycles. The molecule has 0 saturated carbocycles. The van der Waals surface area contributed by atoms with Crippen molar-refractivity contribution in [2.45, 2.75) is 19.5 Å². The topological polar surface area (TPSA) is 96.6 Å². The monoisotopic (exact) mass is 378 g/mol. The predicted octanol–water partition coefficient (Wildman–Crippen LogP) is 3.42. The quantitative estimate of drug-likeness (QED) is 0.422. The van der Waals surface area contributed by atoms with Gasteiger partial charge in [0, 0.05) is 22.6 Å². The van der Waals surface area contributed by atoms with Gasteiger partial charge in [-0.3, -0.25) is 9.59 Å². The van der Waals surface area contributed by atoms with Gasteiger partial charge in [0.05, 0.1) is 12.0 Å². The van der Waals surface area contributed by atoms with E-state index in [0.29, 0.717) is 11.3 Å². The largest absolute Gasteiger partial charge is 0.416 e. The lowest BCUT2D eigenvalue weighted by Gasteiger charge is -2.10. The highest BCUT2D eigenvalue weighted by Gasteiger charge is 2.30. The highest BCUT2D eigenvalue weighted by Crippen LogP contribution is 2.30. The second-order valence-electron chi connectivity index (χ2n) is 5.71. The fourth-order valence-corrected chi connectivity index (χ4v) is 2.10. The highest BCUT2D eigenvalue weighted by molar-refractivity contribution is 6.06. The summed E-state index contributed by atoms with van der Waals surface area (Å²) in [6.07, 6.45) is -4.69. The molecule has 142 valence electrons. The van der Waals surface area contributed by atoms with E-state index < -0.39 is 23.6 Å². The zero-order chi connectivity index (χ0) is 20.0. The molecule has 0 aliphatic carbocycles. The normalized spacial score (nSPS) is 11.8. The van der Waals surface area contributed by atoms with E-state index in [4.69, 9.17) is 5.73 Å². The van der Waals surface area contributed by atoms with Gasteiger partial charge in [0.25, 0.3) is 5.91 Å². The maximum absolute atomic E-state index is 12.7. The molecule has 0 radical (unpaired) electrons. The Kier molecular flexibility index (Phi) is 6.17. The molecular weight excluding hydrogens is 361 g/mol. The third kappa shape index (κ3) is 6.14. The molecule has 0 bridgehead atoms. The molecular formula is C18H17F3N4O2. The van der Waals surface area contributed by atoms with Crippen molar-refractivity contribution in [2.24, 2.45) is 5.10 Å². The van der Waals surface area contributed by atoms with E-state index in [1.807, 2.05) is 0 Å². The lowest BCUT2D eigenvalue weighted by atomic mass is 10.2. The number of halogens is 3. The van der Waals surface area contributed by atoms with E-state index in [1.165, 1.54) is 31.2 Å². The number of hydrazone groups is 1. The molecule has 2 aromatic carbocycles. The van der Waals surface area contributed by atoms with Gasteiger partial charge < -0.3 is 11.1 Å². The molecule has 0 atom stereocenters. The first kappa shape index (κ1) is 20.0. The molecule has 0 heterocycles. The van der Waals surface area contributed by atoms with Crippen LogP contribution in [0.3, 0.4) is 0 Å². The van der Waals surface area contributed by atoms with E-state index in [1.54, 1.807) is 12.1 Å². The Morgan fingerprint density at radius 1 is 1.11 bits per heavy atom. The number of nitrogens with one attached hydrogen (secondary N) is 2. The first-order valence-electron chi connectivity index (χ1n) is 7.81. The Hall–Kier alpha value is -3.36. The number of benzene rings is 2. The molecule has 2 amide bonds. The number of amides is 2. The Balaban J connectivity index is 1.92. The van der Waals surface area contributed by atoms with Gasteiger partial charge in [-0.05, 0) is 49.4 Å². The summed E-state index contributed by atoms with van der Waals surface area (Å²) in [6, 6.07) is 10.5. The Morgan fingerprint density at radius 2 is 1.78 bits per heavy atom. The predicted molar refractivity (Wildman–Crippen MR) is 96.1 cm³/mol. The fourth-order valence-electron chi connectivity index (χ4n) is 2.10. The summed E-state index contributed by atoms with van der Waals surface area (Å²) < 4.78 is 38.0. The maximum Gasteiger partial charge on any atom is 0.416 e. The third-order valence-corrected chi connectivity index (χ3v) is 3.41. The number of rotatable bonds is 5. The molecule has 2 aromatic rings. The van der Waals surface area contributed by atoms with Crippen LogP contribution in [-0.4, -0.2) is 17.5 Å². The molecule has 0 fully saturated rings. The van der Waals surface area contributed by atoms with Gasteiger partial charge in [-0.25, -0.2) is 5.43 Å². The van der Waals surface area contributed by atoms with Crippen LogP contribution in [0.15, 0.2) is 53.6 Å². The van der Waals surface area contributed by atoms with Crippen molar-refractivity contribution in [1.82, 2.24) is 5.43 Å².